The van der Waals surface area contributed by atoms with E-state index in [4.69, 9.17) is 0 Å². The van der Waals surface area contributed by atoms with Gasteiger partial charge in [0.15, 0.2) is 0 Å². The molecule has 1 heteroatoms. The summed E-state index contributed by atoms with van der Waals surface area (Å²) in [7, 11) is 0. The summed E-state index contributed by atoms with van der Waals surface area (Å²) in [5.74, 6) is 0. The Bertz CT molecular complexity index is 768. The lowest BCUT2D eigenvalue weighted by Crippen LogP contribution is -2.08. The van der Waals surface area contributed by atoms with E-state index in [1.165, 1.54) is 32.9 Å². The number of benzene rings is 2. The first-order valence-electron chi connectivity index (χ1n) is 8.64. The summed E-state index contributed by atoms with van der Waals surface area (Å²) in [5.41, 5.74) is 5.97. The van der Waals surface area contributed by atoms with Crippen molar-refractivity contribution in [1.29, 1.82) is 0 Å². The molecule has 2 aromatic carbocycles. The van der Waals surface area contributed by atoms with Gasteiger partial charge >= 0.3 is 0 Å². The molecule has 3 rings (SSSR count). The van der Waals surface area contributed by atoms with Crippen LogP contribution < -0.4 is 0 Å². The summed E-state index contributed by atoms with van der Waals surface area (Å²) < 4.78 is 0. The minimum absolute atomic E-state index is 0.319. The molecule has 0 radical (unpaired) electrons. The molecule has 0 amide bonds. The fraction of sp³-hybridized carbons (Fsp3) is 0.455. The van der Waals surface area contributed by atoms with Crippen LogP contribution in [0.15, 0.2) is 36.4 Å². The fourth-order valence-electron chi connectivity index (χ4n) is 3.45. The van der Waals surface area contributed by atoms with Crippen LogP contribution in [0.3, 0.4) is 0 Å². The van der Waals surface area contributed by atoms with Gasteiger partial charge in [-0.25, -0.2) is 0 Å². The number of hydrogen-bond acceptors (Lipinski definition) is 0. The van der Waals surface area contributed by atoms with Gasteiger partial charge in [0.2, 0.25) is 0 Å². The molecule has 23 heavy (non-hydrogen) atoms. The van der Waals surface area contributed by atoms with E-state index in [0.717, 1.165) is 12.8 Å². The molecule has 1 aromatic heterocycles. The third-order valence-corrected chi connectivity index (χ3v) is 4.20. The molecule has 0 saturated carbocycles. The fourth-order valence-corrected chi connectivity index (χ4v) is 3.45. The van der Waals surface area contributed by atoms with Crippen molar-refractivity contribution in [1.82, 2.24) is 4.98 Å². The lowest BCUT2D eigenvalue weighted by atomic mass is 9.87. The minimum Gasteiger partial charge on any atom is -0.354 e. The van der Waals surface area contributed by atoms with Crippen LogP contribution >= 0.6 is 0 Å². The molecule has 0 saturated heterocycles. The van der Waals surface area contributed by atoms with Crippen molar-refractivity contribution in [3.8, 4) is 0 Å². The van der Waals surface area contributed by atoms with Gasteiger partial charge in [-0.15, -0.1) is 0 Å². The Hall–Kier alpha value is -1.76. The summed E-state index contributed by atoms with van der Waals surface area (Å²) in [6, 6.07) is 13.8. The van der Waals surface area contributed by atoms with E-state index in [0.29, 0.717) is 10.8 Å². The Labute approximate surface area is 140 Å². The molecular weight excluding hydrogens is 278 g/mol. The van der Waals surface area contributed by atoms with E-state index in [-0.39, 0.29) is 0 Å². The molecule has 0 aliphatic heterocycles. The maximum absolute atomic E-state index is 3.63. The highest BCUT2D eigenvalue weighted by Gasteiger charge is 2.14. The molecule has 0 spiro atoms. The zero-order chi connectivity index (χ0) is 16.8. The molecule has 0 unspecified atom stereocenters. The van der Waals surface area contributed by atoms with Crippen LogP contribution in [0, 0.1) is 10.8 Å². The molecule has 0 aliphatic rings. The standard InChI is InChI=1S/C22H29N/c1-21(2,3)13-15-7-9-17-18-10-8-16(14-22(4,5)6)12-20(18)23-19(17)11-15/h7-12,23H,13-14H2,1-6H3. The SMILES string of the molecule is CC(C)(C)Cc1ccc2c(c1)[nH]c1cc(CC(C)(C)C)ccc12. The maximum atomic E-state index is 3.63. The molecule has 1 N–H and O–H groups in total. The number of aromatic amines is 1. The van der Waals surface area contributed by atoms with Crippen LogP contribution in [0.1, 0.15) is 52.7 Å². The second-order valence-electron chi connectivity index (χ2n) is 9.36. The van der Waals surface area contributed by atoms with E-state index < -0.39 is 0 Å². The van der Waals surface area contributed by atoms with Crippen LogP contribution in [0.4, 0.5) is 0 Å². The van der Waals surface area contributed by atoms with E-state index >= 15 is 0 Å². The van der Waals surface area contributed by atoms with Gasteiger partial charge in [0.1, 0.15) is 0 Å². The Morgan fingerprint density at radius 3 is 1.39 bits per heavy atom. The van der Waals surface area contributed by atoms with Gasteiger partial charge in [0, 0.05) is 21.8 Å². The Balaban J connectivity index is 2.03. The largest absolute Gasteiger partial charge is 0.354 e. The topological polar surface area (TPSA) is 15.8 Å². The van der Waals surface area contributed by atoms with Gasteiger partial charge in [-0.05, 0) is 46.9 Å². The van der Waals surface area contributed by atoms with Gasteiger partial charge in [-0.2, -0.15) is 0 Å². The first-order chi connectivity index (χ1) is 10.6. The number of nitrogens with one attached hydrogen (secondary N) is 1. The summed E-state index contributed by atoms with van der Waals surface area (Å²) in [4.78, 5) is 3.63. The van der Waals surface area contributed by atoms with Gasteiger partial charge < -0.3 is 4.98 Å². The maximum Gasteiger partial charge on any atom is 0.0467 e. The first kappa shape index (κ1) is 16.1. The van der Waals surface area contributed by atoms with E-state index in [1.807, 2.05) is 0 Å². The summed E-state index contributed by atoms with van der Waals surface area (Å²) in [6.45, 7) is 13.8. The number of fused-ring (bicyclic) bond motifs is 3. The number of aromatic nitrogens is 1. The first-order valence-corrected chi connectivity index (χ1v) is 8.64. The van der Waals surface area contributed by atoms with Gasteiger partial charge in [-0.1, -0.05) is 65.8 Å². The van der Waals surface area contributed by atoms with Crippen molar-refractivity contribution >= 4 is 21.8 Å². The smallest absolute Gasteiger partial charge is 0.0467 e. The predicted molar refractivity (Wildman–Crippen MR) is 102 cm³/mol. The van der Waals surface area contributed by atoms with Crippen LogP contribution in [0.25, 0.3) is 21.8 Å². The molecule has 0 fully saturated rings. The van der Waals surface area contributed by atoms with Gasteiger partial charge in [0.05, 0.1) is 0 Å². The second-order valence-corrected chi connectivity index (χ2v) is 9.36. The van der Waals surface area contributed by atoms with Gasteiger partial charge in [0.25, 0.3) is 0 Å². The second kappa shape index (κ2) is 5.40. The molecule has 122 valence electrons. The molecule has 1 heterocycles. The van der Waals surface area contributed by atoms with E-state index in [1.54, 1.807) is 0 Å². The molecule has 1 nitrogen and oxygen atoms in total. The Morgan fingerprint density at radius 2 is 1.04 bits per heavy atom. The van der Waals surface area contributed by atoms with Crippen LogP contribution in [-0.2, 0) is 12.8 Å². The number of H-pyrrole nitrogens is 1. The summed E-state index contributed by atoms with van der Waals surface area (Å²) in [5, 5.41) is 2.67. The lowest BCUT2D eigenvalue weighted by Gasteiger charge is -2.18. The van der Waals surface area contributed by atoms with Crippen molar-refractivity contribution in [2.45, 2.75) is 54.4 Å². The van der Waals surface area contributed by atoms with E-state index in [2.05, 4.69) is 82.9 Å². The Kier molecular flexibility index (Phi) is 3.78. The highest BCUT2D eigenvalue weighted by Crippen LogP contribution is 2.30. The van der Waals surface area contributed by atoms with Crippen LogP contribution in [-0.4, -0.2) is 4.98 Å². The molecule has 0 bridgehead atoms. The summed E-state index contributed by atoms with van der Waals surface area (Å²) in [6.07, 6.45) is 2.21. The Morgan fingerprint density at radius 1 is 0.652 bits per heavy atom. The van der Waals surface area contributed by atoms with E-state index in [9.17, 15) is 0 Å². The van der Waals surface area contributed by atoms with Crippen LogP contribution in [0.5, 0.6) is 0 Å². The zero-order valence-electron chi connectivity index (χ0n) is 15.4. The van der Waals surface area contributed by atoms with Crippen molar-refractivity contribution in [2.24, 2.45) is 10.8 Å². The van der Waals surface area contributed by atoms with Crippen LogP contribution in [0.2, 0.25) is 0 Å². The quantitative estimate of drug-likeness (QED) is 0.556. The highest BCUT2D eigenvalue weighted by molar-refractivity contribution is 6.07. The molecule has 0 atom stereocenters. The molecular formula is C22H29N. The average molecular weight is 307 g/mol. The predicted octanol–water partition coefficient (Wildman–Crippen LogP) is 6.50. The highest BCUT2D eigenvalue weighted by atomic mass is 14.7. The van der Waals surface area contributed by atoms with Crippen molar-refractivity contribution < 1.29 is 0 Å². The third kappa shape index (κ3) is 3.77. The van der Waals surface area contributed by atoms with Crippen molar-refractivity contribution in [3.05, 3.63) is 47.5 Å². The number of rotatable bonds is 2. The normalized spacial score (nSPS) is 13.1. The lowest BCUT2D eigenvalue weighted by molar-refractivity contribution is 0.411. The van der Waals surface area contributed by atoms with Crippen molar-refractivity contribution in [3.63, 3.8) is 0 Å². The molecule has 0 aliphatic carbocycles. The number of hydrogen-bond donors (Lipinski definition) is 1. The van der Waals surface area contributed by atoms with Crippen molar-refractivity contribution in [2.75, 3.05) is 0 Å². The molecule has 3 aromatic rings. The zero-order valence-corrected chi connectivity index (χ0v) is 15.4. The third-order valence-electron chi connectivity index (χ3n) is 4.20. The minimum atomic E-state index is 0.319. The average Bonchev–Trinajstić information content (AvgIpc) is 2.71. The monoisotopic (exact) mass is 307 g/mol. The van der Waals surface area contributed by atoms with Gasteiger partial charge in [-0.3, -0.25) is 0 Å². The summed E-state index contributed by atoms with van der Waals surface area (Å²) >= 11 is 0.